The number of fused-ring (bicyclic) bond motifs is 1. The third-order valence-corrected chi connectivity index (χ3v) is 7.71. The summed E-state index contributed by atoms with van der Waals surface area (Å²) in [6.07, 6.45) is -5.34. The molecule has 0 spiro atoms. The van der Waals surface area contributed by atoms with Crippen molar-refractivity contribution in [3.05, 3.63) is 100 Å². The van der Waals surface area contributed by atoms with Gasteiger partial charge in [0.05, 0.1) is 12.2 Å². The monoisotopic (exact) mass is 520 g/mol. The fourth-order valence-electron chi connectivity index (χ4n) is 5.46. The maximum atomic E-state index is 10.5. The van der Waals surface area contributed by atoms with Gasteiger partial charge in [-0.25, -0.2) is 0 Å². The largest absolute Gasteiger partial charge is 0.491 e. The first-order valence-corrected chi connectivity index (χ1v) is 13.1. The average molecular weight is 521 g/mol. The number of aliphatic hydroxyl groups excluding tert-OH is 4. The third kappa shape index (κ3) is 5.23. The summed E-state index contributed by atoms with van der Waals surface area (Å²) in [7, 11) is 0. The lowest BCUT2D eigenvalue weighted by Crippen LogP contribution is -2.55. The molecule has 0 bridgehead atoms. The van der Waals surface area contributed by atoms with Gasteiger partial charge in [-0.2, -0.15) is 0 Å². The second-order valence-electron chi connectivity index (χ2n) is 10.8. The van der Waals surface area contributed by atoms with Gasteiger partial charge < -0.3 is 34.6 Å². The van der Waals surface area contributed by atoms with Crippen molar-refractivity contribution in [2.45, 2.75) is 69.4 Å². The smallest absolute Gasteiger partial charge is 0.119 e. The van der Waals surface area contributed by atoms with Crippen molar-refractivity contribution in [3.63, 3.8) is 0 Å². The van der Waals surface area contributed by atoms with Gasteiger partial charge in [0.1, 0.15) is 49.0 Å². The Morgan fingerprint density at radius 3 is 2.37 bits per heavy atom. The molecule has 0 radical (unpaired) electrons. The molecule has 1 saturated heterocycles. The normalized spacial score (nSPS) is 28.2. The molecule has 0 aromatic heterocycles. The Morgan fingerprint density at radius 1 is 0.895 bits per heavy atom. The maximum absolute atomic E-state index is 10.5. The van der Waals surface area contributed by atoms with Gasteiger partial charge in [-0.1, -0.05) is 54.6 Å². The van der Waals surface area contributed by atoms with E-state index in [1.165, 1.54) is 11.1 Å². The Balaban J connectivity index is 1.25. The van der Waals surface area contributed by atoms with E-state index in [9.17, 15) is 20.4 Å². The van der Waals surface area contributed by atoms with Gasteiger partial charge in [0.15, 0.2) is 0 Å². The van der Waals surface area contributed by atoms with E-state index < -0.39 is 37.1 Å². The highest BCUT2D eigenvalue weighted by atomic mass is 16.6. The van der Waals surface area contributed by atoms with Crippen molar-refractivity contribution in [2.75, 3.05) is 13.2 Å². The standard InChI is InChI=1S/C31H36O7/c1-18-8-11-20(30-29(35)28(34)27(33)25(16-32)37-30)15-21(18)14-19-9-12-22(13-10-19)36-17-26-23-6-4-5-7-24(23)31(2,3)38-26/h4-13,15,25-30,32-35H,14,16-17H2,1-3H3/t25-,26?,27-,28+,29-,30+/m1/s1. The predicted octanol–water partition coefficient (Wildman–Crippen LogP) is 3.49. The van der Waals surface area contributed by atoms with Gasteiger partial charge >= 0.3 is 0 Å². The van der Waals surface area contributed by atoms with Gasteiger partial charge in [0.25, 0.3) is 0 Å². The number of aryl methyl sites for hydroxylation is 1. The molecule has 1 fully saturated rings. The maximum Gasteiger partial charge on any atom is 0.119 e. The molecule has 0 saturated carbocycles. The fraction of sp³-hybridized carbons (Fsp3) is 0.419. The van der Waals surface area contributed by atoms with Gasteiger partial charge in [-0.05, 0) is 72.7 Å². The van der Waals surface area contributed by atoms with Gasteiger partial charge in [-0.15, -0.1) is 0 Å². The summed E-state index contributed by atoms with van der Waals surface area (Å²) >= 11 is 0. The Kier molecular flexibility index (Phi) is 7.60. The summed E-state index contributed by atoms with van der Waals surface area (Å²) in [5.74, 6) is 0.770. The highest BCUT2D eigenvalue weighted by molar-refractivity contribution is 5.39. The lowest BCUT2D eigenvalue weighted by Gasteiger charge is -2.40. The van der Waals surface area contributed by atoms with Crippen LogP contribution < -0.4 is 4.74 Å². The van der Waals surface area contributed by atoms with Crippen molar-refractivity contribution in [1.29, 1.82) is 0 Å². The van der Waals surface area contributed by atoms with Crippen LogP contribution in [-0.4, -0.2) is 58.1 Å². The van der Waals surface area contributed by atoms with Crippen LogP contribution in [0.5, 0.6) is 5.75 Å². The van der Waals surface area contributed by atoms with E-state index in [0.29, 0.717) is 18.6 Å². The molecule has 2 aliphatic rings. The van der Waals surface area contributed by atoms with Crippen LogP contribution >= 0.6 is 0 Å². The molecule has 38 heavy (non-hydrogen) atoms. The molecule has 0 aliphatic carbocycles. The van der Waals surface area contributed by atoms with Crippen LogP contribution in [-0.2, 0) is 21.5 Å². The number of hydrogen-bond acceptors (Lipinski definition) is 7. The van der Waals surface area contributed by atoms with Crippen LogP contribution in [0.4, 0.5) is 0 Å². The lowest BCUT2D eigenvalue weighted by atomic mass is 9.89. The van der Waals surface area contributed by atoms with E-state index >= 15 is 0 Å². The first-order chi connectivity index (χ1) is 18.2. The molecule has 0 amide bonds. The van der Waals surface area contributed by atoms with Crippen molar-refractivity contribution in [2.24, 2.45) is 0 Å². The van der Waals surface area contributed by atoms with E-state index in [2.05, 4.69) is 26.0 Å². The molecule has 3 aromatic carbocycles. The second-order valence-corrected chi connectivity index (χ2v) is 10.8. The van der Waals surface area contributed by atoms with E-state index in [-0.39, 0.29) is 11.7 Å². The predicted molar refractivity (Wildman–Crippen MR) is 142 cm³/mol. The summed E-state index contributed by atoms with van der Waals surface area (Å²) in [4.78, 5) is 0. The molecule has 6 atom stereocenters. The van der Waals surface area contributed by atoms with Crippen molar-refractivity contribution in [1.82, 2.24) is 0 Å². The minimum Gasteiger partial charge on any atom is -0.491 e. The summed E-state index contributed by atoms with van der Waals surface area (Å²) in [5.41, 5.74) is 5.94. The van der Waals surface area contributed by atoms with E-state index in [0.717, 1.165) is 22.4 Å². The Bertz CT molecular complexity index is 1250. The number of benzene rings is 3. The quantitative estimate of drug-likeness (QED) is 0.378. The van der Waals surface area contributed by atoms with Crippen LogP contribution in [0.3, 0.4) is 0 Å². The van der Waals surface area contributed by atoms with Crippen molar-refractivity contribution in [3.8, 4) is 5.75 Å². The van der Waals surface area contributed by atoms with E-state index in [1.54, 1.807) is 0 Å². The van der Waals surface area contributed by atoms with Crippen molar-refractivity contribution < 1.29 is 34.6 Å². The molecular weight excluding hydrogens is 484 g/mol. The molecule has 3 aromatic rings. The molecule has 7 heteroatoms. The highest BCUT2D eigenvalue weighted by Crippen LogP contribution is 2.43. The molecule has 5 rings (SSSR count). The summed E-state index contributed by atoms with van der Waals surface area (Å²) < 4.78 is 18.1. The first-order valence-electron chi connectivity index (χ1n) is 13.1. The second kappa shape index (κ2) is 10.8. The van der Waals surface area contributed by atoms with Crippen LogP contribution in [0.25, 0.3) is 0 Å². The summed E-state index contributed by atoms with van der Waals surface area (Å²) in [6, 6.07) is 22.0. The fourth-order valence-corrected chi connectivity index (χ4v) is 5.46. The molecular formula is C31H36O7. The minimum absolute atomic E-state index is 0.117. The van der Waals surface area contributed by atoms with Crippen LogP contribution in [0.15, 0.2) is 66.7 Å². The van der Waals surface area contributed by atoms with E-state index in [4.69, 9.17) is 14.2 Å². The summed E-state index contributed by atoms with van der Waals surface area (Å²) in [6.45, 7) is 6.15. The molecule has 1 unspecified atom stereocenters. The van der Waals surface area contributed by atoms with Gasteiger partial charge in [-0.3, -0.25) is 0 Å². The number of ether oxygens (including phenoxy) is 3. The molecule has 202 valence electrons. The Labute approximate surface area is 223 Å². The number of rotatable bonds is 7. The zero-order chi connectivity index (χ0) is 27.0. The topological polar surface area (TPSA) is 109 Å². The Hall–Kier alpha value is -2.78. The third-order valence-electron chi connectivity index (χ3n) is 7.71. The van der Waals surface area contributed by atoms with Gasteiger partial charge in [0, 0.05) is 0 Å². The first kappa shape index (κ1) is 26.8. The minimum atomic E-state index is -1.41. The SMILES string of the molecule is Cc1ccc([C@@H]2O[C@H](CO)[C@@H](O)[C@H](O)[C@H]2O)cc1Cc1ccc(OCC2OC(C)(C)c3ccccc32)cc1. The molecule has 7 nitrogen and oxygen atoms in total. The average Bonchev–Trinajstić information content (AvgIpc) is 3.18. The molecule has 4 N–H and O–H groups in total. The number of hydrogen-bond donors (Lipinski definition) is 4. The zero-order valence-corrected chi connectivity index (χ0v) is 21.9. The van der Waals surface area contributed by atoms with Crippen LogP contribution in [0, 0.1) is 6.92 Å². The zero-order valence-electron chi connectivity index (χ0n) is 21.9. The summed E-state index contributed by atoms with van der Waals surface area (Å²) in [5, 5.41) is 40.3. The highest BCUT2D eigenvalue weighted by Gasteiger charge is 2.44. The van der Waals surface area contributed by atoms with Crippen LogP contribution in [0.2, 0.25) is 0 Å². The van der Waals surface area contributed by atoms with Crippen LogP contribution in [0.1, 0.15) is 59.4 Å². The number of aliphatic hydroxyl groups is 4. The van der Waals surface area contributed by atoms with E-state index in [1.807, 2.05) is 61.5 Å². The molecule has 2 aliphatic heterocycles. The van der Waals surface area contributed by atoms with Crippen molar-refractivity contribution >= 4 is 0 Å². The Morgan fingerprint density at radius 2 is 1.63 bits per heavy atom. The molecule has 2 heterocycles. The lowest BCUT2D eigenvalue weighted by molar-refractivity contribution is -0.231. The van der Waals surface area contributed by atoms with Gasteiger partial charge in [0.2, 0.25) is 0 Å².